The number of nitrogens with two attached hydrogens (primary N) is 1. The molecule has 1 aromatic heterocycles. The number of aromatic nitrogens is 2. The maximum Gasteiger partial charge on any atom is 0.356 e. The number of carbonyl (C=O) groups is 1. The molecule has 0 spiro atoms. The molecule has 1 aliphatic rings. The number of imidazole rings is 1. The van der Waals surface area contributed by atoms with Crippen LogP contribution in [0.25, 0.3) is 0 Å². The van der Waals surface area contributed by atoms with Crippen LogP contribution in [0.1, 0.15) is 54.2 Å². The molecular formula is C11H17N3O2. The van der Waals surface area contributed by atoms with Crippen LogP contribution < -0.4 is 5.73 Å². The average molecular weight is 223 g/mol. The van der Waals surface area contributed by atoms with Gasteiger partial charge in [-0.25, -0.2) is 9.78 Å². The van der Waals surface area contributed by atoms with Gasteiger partial charge < -0.3 is 15.4 Å². The number of nitrogens with zero attached hydrogens (tertiary/aromatic N) is 2. The van der Waals surface area contributed by atoms with Crippen molar-refractivity contribution in [1.82, 2.24) is 9.55 Å². The molecule has 16 heavy (non-hydrogen) atoms. The van der Waals surface area contributed by atoms with Gasteiger partial charge in [-0.2, -0.15) is 0 Å². The van der Waals surface area contributed by atoms with Gasteiger partial charge in [0.05, 0.1) is 5.69 Å². The SMILES string of the molecule is CCCc1nc(C(=O)O)c2n1CCCC2N. The van der Waals surface area contributed by atoms with E-state index in [9.17, 15) is 4.79 Å². The van der Waals surface area contributed by atoms with Crippen LogP contribution in [0.5, 0.6) is 0 Å². The zero-order chi connectivity index (χ0) is 11.7. The van der Waals surface area contributed by atoms with Crippen molar-refractivity contribution in [2.75, 3.05) is 0 Å². The standard InChI is InChI=1S/C11H17N3O2/c1-2-4-8-13-9(11(15)16)10-7(12)5-3-6-14(8)10/h7H,2-6,12H2,1H3,(H,15,16). The Morgan fingerprint density at radius 1 is 1.69 bits per heavy atom. The molecule has 5 nitrogen and oxygen atoms in total. The predicted octanol–water partition coefficient (Wildman–Crippen LogP) is 1.33. The van der Waals surface area contributed by atoms with E-state index in [1.165, 1.54) is 0 Å². The van der Waals surface area contributed by atoms with Crippen LogP contribution in [0, 0.1) is 0 Å². The highest BCUT2D eigenvalue weighted by molar-refractivity contribution is 5.87. The second kappa shape index (κ2) is 4.25. The second-order valence-corrected chi connectivity index (χ2v) is 4.22. The Kier molecular flexibility index (Phi) is 2.96. The molecule has 5 heteroatoms. The number of rotatable bonds is 3. The maximum atomic E-state index is 11.1. The summed E-state index contributed by atoms with van der Waals surface area (Å²) in [5, 5.41) is 9.11. The Bertz CT molecular complexity index is 412. The highest BCUT2D eigenvalue weighted by atomic mass is 16.4. The smallest absolute Gasteiger partial charge is 0.356 e. The number of carboxylic acids is 1. The molecule has 2 heterocycles. The van der Waals surface area contributed by atoms with Crippen LogP contribution in [0.15, 0.2) is 0 Å². The largest absolute Gasteiger partial charge is 0.476 e. The molecule has 0 aromatic carbocycles. The van der Waals surface area contributed by atoms with Gasteiger partial charge in [-0.05, 0) is 19.3 Å². The maximum absolute atomic E-state index is 11.1. The van der Waals surface area contributed by atoms with Gasteiger partial charge in [0.1, 0.15) is 5.82 Å². The molecule has 0 radical (unpaired) electrons. The first-order valence-corrected chi connectivity index (χ1v) is 5.73. The first-order chi connectivity index (χ1) is 7.65. The van der Waals surface area contributed by atoms with E-state index < -0.39 is 5.97 Å². The first-order valence-electron chi connectivity index (χ1n) is 5.73. The average Bonchev–Trinajstić information content (AvgIpc) is 2.60. The summed E-state index contributed by atoms with van der Waals surface area (Å²) in [6.07, 6.45) is 3.62. The minimum absolute atomic E-state index is 0.149. The molecule has 1 aromatic rings. The molecule has 0 saturated carbocycles. The van der Waals surface area contributed by atoms with Gasteiger partial charge in [0, 0.05) is 19.0 Å². The van der Waals surface area contributed by atoms with Crippen molar-refractivity contribution in [3.05, 3.63) is 17.2 Å². The summed E-state index contributed by atoms with van der Waals surface area (Å²) < 4.78 is 2.00. The summed E-state index contributed by atoms with van der Waals surface area (Å²) in [5.41, 5.74) is 6.83. The van der Waals surface area contributed by atoms with E-state index in [-0.39, 0.29) is 11.7 Å². The Labute approximate surface area is 94.3 Å². The van der Waals surface area contributed by atoms with Gasteiger partial charge in [-0.1, -0.05) is 6.92 Å². The van der Waals surface area contributed by atoms with E-state index in [2.05, 4.69) is 11.9 Å². The molecular weight excluding hydrogens is 206 g/mol. The lowest BCUT2D eigenvalue weighted by atomic mass is 10.0. The highest BCUT2D eigenvalue weighted by Gasteiger charge is 2.28. The lowest BCUT2D eigenvalue weighted by Gasteiger charge is -2.22. The third kappa shape index (κ3) is 1.71. The number of hydrogen-bond acceptors (Lipinski definition) is 3. The molecule has 1 atom stereocenters. The Balaban J connectivity index is 2.51. The quantitative estimate of drug-likeness (QED) is 0.810. The fourth-order valence-electron chi connectivity index (χ4n) is 2.32. The Hall–Kier alpha value is -1.36. The molecule has 0 saturated heterocycles. The van der Waals surface area contributed by atoms with Crippen LogP contribution >= 0.6 is 0 Å². The van der Waals surface area contributed by atoms with Crippen LogP contribution in [0.3, 0.4) is 0 Å². The monoisotopic (exact) mass is 223 g/mol. The predicted molar refractivity (Wildman–Crippen MR) is 59.3 cm³/mol. The van der Waals surface area contributed by atoms with Crippen molar-refractivity contribution in [2.45, 2.75) is 45.2 Å². The summed E-state index contributed by atoms with van der Waals surface area (Å²) in [6.45, 7) is 2.91. The number of fused-ring (bicyclic) bond motifs is 1. The van der Waals surface area contributed by atoms with Crippen LogP contribution in [0.4, 0.5) is 0 Å². The van der Waals surface area contributed by atoms with Gasteiger partial charge in [-0.3, -0.25) is 0 Å². The summed E-state index contributed by atoms with van der Waals surface area (Å²) >= 11 is 0. The third-order valence-electron chi connectivity index (χ3n) is 3.01. The fourth-order valence-corrected chi connectivity index (χ4v) is 2.32. The minimum Gasteiger partial charge on any atom is -0.476 e. The van der Waals surface area contributed by atoms with Crippen LogP contribution in [-0.4, -0.2) is 20.6 Å². The summed E-state index contributed by atoms with van der Waals surface area (Å²) in [7, 11) is 0. The Morgan fingerprint density at radius 2 is 2.44 bits per heavy atom. The number of aryl methyl sites for hydroxylation is 1. The van der Waals surface area contributed by atoms with Gasteiger partial charge in [-0.15, -0.1) is 0 Å². The number of carboxylic acid groups (broad SMARTS) is 1. The van der Waals surface area contributed by atoms with E-state index in [1.807, 2.05) is 4.57 Å². The molecule has 1 unspecified atom stereocenters. The topological polar surface area (TPSA) is 81.1 Å². The molecule has 0 bridgehead atoms. The second-order valence-electron chi connectivity index (χ2n) is 4.22. The van der Waals surface area contributed by atoms with Gasteiger partial charge in [0.25, 0.3) is 0 Å². The summed E-state index contributed by atoms with van der Waals surface area (Å²) in [4.78, 5) is 15.3. The van der Waals surface area contributed by atoms with Crippen LogP contribution in [-0.2, 0) is 13.0 Å². The van der Waals surface area contributed by atoms with E-state index in [0.29, 0.717) is 5.69 Å². The molecule has 0 amide bonds. The molecule has 1 aliphatic heterocycles. The van der Waals surface area contributed by atoms with E-state index in [4.69, 9.17) is 10.8 Å². The van der Waals surface area contributed by atoms with Crippen molar-refractivity contribution in [3.63, 3.8) is 0 Å². The molecule has 88 valence electrons. The lowest BCUT2D eigenvalue weighted by Crippen LogP contribution is -2.24. The van der Waals surface area contributed by atoms with Crippen molar-refractivity contribution < 1.29 is 9.90 Å². The zero-order valence-electron chi connectivity index (χ0n) is 9.44. The van der Waals surface area contributed by atoms with Gasteiger partial charge in [0.2, 0.25) is 0 Å². The third-order valence-corrected chi connectivity index (χ3v) is 3.01. The first kappa shape index (κ1) is 11.1. The van der Waals surface area contributed by atoms with Crippen molar-refractivity contribution >= 4 is 5.97 Å². The lowest BCUT2D eigenvalue weighted by molar-refractivity contribution is 0.0688. The molecule has 0 fully saturated rings. The molecule has 0 aliphatic carbocycles. The van der Waals surface area contributed by atoms with Crippen molar-refractivity contribution in [1.29, 1.82) is 0 Å². The normalized spacial score (nSPS) is 19.5. The highest BCUT2D eigenvalue weighted by Crippen LogP contribution is 2.27. The van der Waals surface area contributed by atoms with Crippen molar-refractivity contribution in [2.24, 2.45) is 5.73 Å². The van der Waals surface area contributed by atoms with E-state index in [0.717, 1.165) is 38.1 Å². The molecule has 2 rings (SSSR count). The fraction of sp³-hybridized carbons (Fsp3) is 0.636. The summed E-state index contributed by atoms with van der Waals surface area (Å²) in [5.74, 6) is -0.103. The van der Waals surface area contributed by atoms with Crippen molar-refractivity contribution in [3.8, 4) is 0 Å². The zero-order valence-corrected chi connectivity index (χ0v) is 9.44. The van der Waals surface area contributed by atoms with E-state index in [1.54, 1.807) is 0 Å². The molecule has 3 N–H and O–H groups in total. The van der Waals surface area contributed by atoms with Gasteiger partial charge in [0.15, 0.2) is 5.69 Å². The Morgan fingerprint density at radius 3 is 3.06 bits per heavy atom. The van der Waals surface area contributed by atoms with Crippen LogP contribution in [0.2, 0.25) is 0 Å². The van der Waals surface area contributed by atoms with Gasteiger partial charge >= 0.3 is 5.97 Å². The van der Waals surface area contributed by atoms with E-state index >= 15 is 0 Å². The minimum atomic E-state index is -0.969. The number of hydrogen-bond donors (Lipinski definition) is 2. The number of aromatic carboxylic acids is 1. The summed E-state index contributed by atoms with van der Waals surface area (Å²) in [6, 6.07) is -0.182.